The number of rotatable bonds is 3. The number of ether oxygens (including phenoxy) is 1. The van der Waals surface area contributed by atoms with Gasteiger partial charge in [-0.15, -0.1) is 0 Å². The maximum atomic E-state index is 12.9. The van der Waals surface area contributed by atoms with E-state index >= 15 is 0 Å². The summed E-state index contributed by atoms with van der Waals surface area (Å²) in [6.07, 6.45) is 2.66. The van der Waals surface area contributed by atoms with Crippen molar-refractivity contribution < 1.29 is 9.53 Å². The number of nitrogens with zero attached hydrogens (tertiary/aromatic N) is 1. The van der Waals surface area contributed by atoms with Crippen molar-refractivity contribution in [1.29, 1.82) is 0 Å². The summed E-state index contributed by atoms with van der Waals surface area (Å²) in [7, 11) is 0. The lowest BCUT2D eigenvalue weighted by atomic mass is 9.87. The molecule has 0 aliphatic carbocycles. The summed E-state index contributed by atoms with van der Waals surface area (Å²) in [5, 5.41) is 0. The number of fused-ring (bicyclic) bond motifs is 1. The number of anilines is 2. The zero-order chi connectivity index (χ0) is 18.9. The lowest BCUT2D eigenvalue weighted by Crippen LogP contribution is -2.37. The van der Waals surface area contributed by atoms with Gasteiger partial charge in [-0.25, -0.2) is 0 Å². The van der Waals surface area contributed by atoms with Crippen LogP contribution in [0.5, 0.6) is 5.75 Å². The third-order valence-corrected chi connectivity index (χ3v) is 4.47. The summed E-state index contributed by atoms with van der Waals surface area (Å²) in [6, 6.07) is 13.6. The number of hydrogen-bond donors (Lipinski definition) is 1. The van der Waals surface area contributed by atoms with Crippen LogP contribution in [0.2, 0.25) is 0 Å². The molecule has 1 aliphatic rings. The van der Waals surface area contributed by atoms with E-state index in [1.807, 2.05) is 25.1 Å². The van der Waals surface area contributed by atoms with Gasteiger partial charge in [0.25, 0.3) is 5.91 Å². The second-order valence-electron chi connectivity index (χ2n) is 7.67. The first-order valence-corrected chi connectivity index (χ1v) is 9.01. The van der Waals surface area contributed by atoms with Crippen molar-refractivity contribution in [2.45, 2.75) is 39.5 Å². The summed E-state index contributed by atoms with van der Waals surface area (Å²) in [6.45, 7) is 9.22. The fraction of sp³-hybridized carbons (Fsp3) is 0.318. The van der Waals surface area contributed by atoms with Gasteiger partial charge < -0.3 is 15.4 Å². The van der Waals surface area contributed by atoms with Crippen molar-refractivity contribution in [3.05, 3.63) is 59.4 Å². The molecule has 0 spiro atoms. The molecule has 2 N–H and O–H groups in total. The molecule has 0 atom stereocenters. The summed E-state index contributed by atoms with van der Waals surface area (Å²) >= 11 is 0. The Morgan fingerprint density at radius 3 is 2.42 bits per heavy atom. The van der Waals surface area contributed by atoms with Crippen molar-refractivity contribution in [3.63, 3.8) is 0 Å². The molecule has 136 valence electrons. The minimum Gasteiger partial charge on any atom is -0.449 e. The lowest BCUT2D eigenvalue weighted by Gasteiger charge is -2.30. The van der Waals surface area contributed by atoms with Gasteiger partial charge in [0.05, 0.1) is 5.69 Å². The predicted octanol–water partition coefficient (Wildman–Crippen LogP) is 4.74. The molecule has 1 amide bonds. The number of amides is 1. The van der Waals surface area contributed by atoms with E-state index in [0.717, 1.165) is 17.7 Å². The Balaban J connectivity index is 1.97. The van der Waals surface area contributed by atoms with Crippen molar-refractivity contribution in [2.75, 3.05) is 17.2 Å². The molecular formula is C22H26N2O2. The number of carbonyl (C=O) groups is 1. The van der Waals surface area contributed by atoms with E-state index < -0.39 is 0 Å². The molecular weight excluding hydrogens is 324 g/mol. The van der Waals surface area contributed by atoms with Crippen LogP contribution in [0.3, 0.4) is 0 Å². The van der Waals surface area contributed by atoms with Gasteiger partial charge in [0, 0.05) is 18.3 Å². The third kappa shape index (κ3) is 3.59. The van der Waals surface area contributed by atoms with Gasteiger partial charge in [0.15, 0.2) is 11.5 Å². The molecule has 0 bridgehead atoms. The van der Waals surface area contributed by atoms with Crippen molar-refractivity contribution in [3.8, 4) is 5.75 Å². The van der Waals surface area contributed by atoms with Crippen LogP contribution in [0.25, 0.3) is 6.08 Å². The number of carbonyl (C=O) groups excluding carboxylic acids is 1. The smallest absolute Gasteiger partial charge is 0.294 e. The fourth-order valence-corrected chi connectivity index (χ4v) is 3.01. The number of nitrogens with two attached hydrogens (primary N) is 1. The largest absolute Gasteiger partial charge is 0.449 e. The van der Waals surface area contributed by atoms with Gasteiger partial charge in [-0.05, 0) is 41.2 Å². The molecule has 0 saturated heterocycles. The minimum atomic E-state index is -0.121. The quantitative estimate of drug-likeness (QED) is 0.642. The Kier molecular flexibility index (Phi) is 4.77. The molecule has 4 heteroatoms. The first-order chi connectivity index (χ1) is 12.3. The van der Waals surface area contributed by atoms with Crippen molar-refractivity contribution >= 4 is 23.4 Å². The van der Waals surface area contributed by atoms with E-state index in [2.05, 4.69) is 32.9 Å². The first-order valence-electron chi connectivity index (χ1n) is 9.01. The second-order valence-corrected chi connectivity index (χ2v) is 7.67. The summed E-state index contributed by atoms with van der Waals surface area (Å²) in [4.78, 5) is 14.7. The van der Waals surface area contributed by atoms with Gasteiger partial charge in [-0.2, -0.15) is 0 Å². The van der Waals surface area contributed by atoms with Crippen molar-refractivity contribution in [1.82, 2.24) is 0 Å². The standard InChI is InChI=1S/C22H26N2O2/c1-5-12-24-18-11-10-17(23)14-19(18)26-20(21(24)25)13-15-6-8-16(9-7-15)22(2,3)4/h6-11,13-14H,5,12,23H2,1-4H3/b20-13+. The first kappa shape index (κ1) is 18.1. The highest BCUT2D eigenvalue weighted by molar-refractivity contribution is 6.10. The number of benzene rings is 2. The Morgan fingerprint density at radius 2 is 1.81 bits per heavy atom. The molecule has 0 radical (unpaired) electrons. The van der Waals surface area contributed by atoms with E-state index in [-0.39, 0.29) is 11.3 Å². The van der Waals surface area contributed by atoms with Crippen LogP contribution >= 0.6 is 0 Å². The van der Waals surface area contributed by atoms with E-state index in [1.54, 1.807) is 23.1 Å². The Morgan fingerprint density at radius 1 is 1.12 bits per heavy atom. The molecule has 0 saturated carbocycles. The van der Waals surface area contributed by atoms with Crippen LogP contribution in [0, 0.1) is 0 Å². The predicted molar refractivity (Wildman–Crippen MR) is 107 cm³/mol. The third-order valence-electron chi connectivity index (χ3n) is 4.47. The topological polar surface area (TPSA) is 55.6 Å². The molecule has 4 nitrogen and oxygen atoms in total. The van der Waals surface area contributed by atoms with Gasteiger partial charge in [0.2, 0.25) is 0 Å². The fourth-order valence-electron chi connectivity index (χ4n) is 3.01. The van der Waals surface area contributed by atoms with Crippen LogP contribution in [-0.2, 0) is 10.2 Å². The lowest BCUT2D eigenvalue weighted by molar-refractivity contribution is -0.117. The zero-order valence-corrected chi connectivity index (χ0v) is 15.9. The van der Waals surface area contributed by atoms with Crippen LogP contribution in [0.15, 0.2) is 48.2 Å². The second kappa shape index (κ2) is 6.87. The van der Waals surface area contributed by atoms with Crippen LogP contribution < -0.4 is 15.4 Å². The van der Waals surface area contributed by atoms with Gasteiger partial charge in [0.1, 0.15) is 0 Å². The van der Waals surface area contributed by atoms with E-state index in [1.165, 1.54) is 5.56 Å². The van der Waals surface area contributed by atoms with Crippen LogP contribution in [-0.4, -0.2) is 12.5 Å². The normalized spacial score (nSPS) is 15.8. The van der Waals surface area contributed by atoms with Crippen molar-refractivity contribution in [2.24, 2.45) is 0 Å². The maximum Gasteiger partial charge on any atom is 0.294 e. The molecule has 3 rings (SSSR count). The Hall–Kier alpha value is -2.75. The van der Waals surface area contributed by atoms with E-state index in [4.69, 9.17) is 10.5 Å². The average Bonchev–Trinajstić information content (AvgIpc) is 2.58. The summed E-state index contributed by atoms with van der Waals surface area (Å²) < 4.78 is 5.89. The average molecular weight is 350 g/mol. The van der Waals surface area contributed by atoms with Gasteiger partial charge in [-0.3, -0.25) is 4.79 Å². The zero-order valence-electron chi connectivity index (χ0n) is 15.9. The molecule has 0 aromatic heterocycles. The minimum absolute atomic E-state index is 0.0945. The maximum absolute atomic E-state index is 12.9. The summed E-state index contributed by atoms with van der Waals surface area (Å²) in [5.41, 5.74) is 9.55. The molecule has 1 aliphatic heterocycles. The van der Waals surface area contributed by atoms with E-state index in [0.29, 0.717) is 23.7 Å². The van der Waals surface area contributed by atoms with E-state index in [9.17, 15) is 4.79 Å². The highest BCUT2D eigenvalue weighted by Gasteiger charge is 2.29. The number of hydrogen-bond acceptors (Lipinski definition) is 3. The molecule has 1 heterocycles. The Bertz CT molecular complexity index is 845. The Labute approximate surface area is 155 Å². The molecule has 2 aromatic carbocycles. The molecule has 26 heavy (non-hydrogen) atoms. The van der Waals surface area contributed by atoms with Gasteiger partial charge >= 0.3 is 0 Å². The van der Waals surface area contributed by atoms with Crippen LogP contribution in [0.4, 0.5) is 11.4 Å². The highest BCUT2D eigenvalue weighted by atomic mass is 16.5. The molecule has 0 fully saturated rings. The van der Waals surface area contributed by atoms with Crippen LogP contribution in [0.1, 0.15) is 45.2 Å². The number of nitrogen functional groups attached to an aromatic ring is 1. The highest BCUT2D eigenvalue weighted by Crippen LogP contribution is 2.37. The molecule has 2 aromatic rings. The SMILES string of the molecule is CCCN1C(=O)/C(=C\c2ccc(C(C)(C)C)cc2)Oc2cc(N)ccc21. The summed E-state index contributed by atoms with van der Waals surface area (Å²) in [5.74, 6) is 0.819. The van der Waals surface area contributed by atoms with Gasteiger partial charge in [-0.1, -0.05) is 52.0 Å². The molecule has 0 unspecified atom stereocenters. The monoisotopic (exact) mass is 350 g/mol.